The fraction of sp³-hybridized carbons (Fsp3) is 0.444. The van der Waals surface area contributed by atoms with E-state index in [0.29, 0.717) is 43.9 Å². The SMILES string of the molecule is COc1ccc(F)cc1N1CCN(C(C=O)n2nc(C(F)(F)F)c(Cl)c2C)CC1. The van der Waals surface area contributed by atoms with Gasteiger partial charge in [0.25, 0.3) is 0 Å². The number of carbonyl (C=O) groups is 1. The van der Waals surface area contributed by atoms with Gasteiger partial charge in [-0.1, -0.05) is 11.6 Å². The number of ether oxygens (including phenoxy) is 1. The molecule has 0 amide bonds. The van der Waals surface area contributed by atoms with Crippen molar-refractivity contribution in [1.82, 2.24) is 14.7 Å². The quantitative estimate of drug-likeness (QED) is 0.532. The maximum absolute atomic E-state index is 13.6. The largest absolute Gasteiger partial charge is 0.495 e. The smallest absolute Gasteiger partial charge is 0.436 e. The molecule has 0 aliphatic carbocycles. The number of benzene rings is 1. The fourth-order valence-electron chi connectivity index (χ4n) is 3.37. The molecule has 0 radical (unpaired) electrons. The summed E-state index contributed by atoms with van der Waals surface area (Å²) in [4.78, 5) is 15.3. The molecule has 0 N–H and O–H groups in total. The number of alkyl halides is 3. The Hall–Kier alpha value is -2.33. The Morgan fingerprint density at radius 3 is 2.41 bits per heavy atom. The van der Waals surface area contributed by atoms with E-state index >= 15 is 0 Å². The normalized spacial score (nSPS) is 16.7. The first kappa shape index (κ1) is 21.4. The van der Waals surface area contributed by atoms with Crippen molar-refractivity contribution in [3.63, 3.8) is 0 Å². The fourth-order valence-corrected chi connectivity index (χ4v) is 3.60. The predicted molar refractivity (Wildman–Crippen MR) is 98.8 cm³/mol. The lowest BCUT2D eigenvalue weighted by Crippen LogP contribution is -2.49. The summed E-state index contributed by atoms with van der Waals surface area (Å²) in [6, 6.07) is 4.18. The number of methoxy groups -OCH3 is 1. The molecule has 158 valence electrons. The lowest BCUT2D eigenvalue weighted by atomic mass is 10.2. The Labute approximate surface area is 169 Å². The highest BCUT2D eigenvalue weighted by Gasteiger charge is 2.40. The number of aldehydes is 1. The number of hydrogen-bond donors (Lipinski definition) is 0. The van der Waals surface area contributed by atoms with Crippen LogP contribution >= 0.6 is 11.6 Å². The number of piperazine rings is 1. The van der Waals surface area contributed by atoms with Crippen LogP contribution in [0.1, 0.15) is 17.6 Å². The van der Waals surface area contributed by atoms with Crippen molar-refractivity contribution in [1.29, 1.82) is 0 Å². The third-order valence-electron chi connectivity index (χ3n) is 4.89. The standard InChI is InChI=1S/C18H19ClF4N4O2/c1-11-16(19)17(18(21,22)23)24-27(11)15(10-28)26-7-5-25(6-8-26)13-9-12(20)3-4-14(13)29-2/h3-4,9-10,15H,5-8H2,1-2H3. The van der Waals surface area contributed by atoms with Gasteiger partial charge in [0.05, 0.1) is 23.5 Å². The minimum Gasteiger partial charge on any atom is -0.495 e. The van der Waals surface area contributed by atoms with Crippen LogP contribution in [0.15, 0.2) is 18.2 Å². The Morgan fingerprint density at radius 2 is 1.90 bits per heavy atom. The van der Waals surface area contributed by atoms with Gasteiger partial charge >= 0.3 is 6.18 Å². The van der Waals surface area contributed by atoms with Crippen molar-refractivity contribution in [2.24, 2.45) is 0 Å². The summed E-state index contributed by atoms with van der Waals surface area (Å²) >= 11 is 5.79. The van der Waals surface area contributed by atoms with Gasteiger partial charge < -0.3 is 9.64 Å². The molecular weight excluding hydrogens is 416 g/mol. The molecule has 2 aromatic rings. The average Bonchev–Trinajstić information content (AvgIpc) is 2.98. The van der Waals surface area contributed by atoms with Crippen LogP contribution in [0, 0.1) is 12.7 Å². The zero-order valence-electron chi connectivity index (χ0n) is 15.7. The zero-order chi connectivity index (χ0) is 21.3. The minimum atomic E-state index is -4.72. The van der Waals surface area contributed by atoms with E-state index in [0.717, 1.165) is 4.68 Å². The van der Waals surface area contributed by atoms with Crippen molar-refractivity contribution >= 4 is 23.6 Å². The van der Waals surface area contributed by atoms with Gasteiger partial charge in [0.1, 0.15) is 11.6 Å². The average molecular weight is 435 g/mol. The Morgan fingerprint density at radius 1 is 1.24 bits per heavy atom. The van der Waals surface area contributed by atoms with Gasteiger partial charge in [0, 0.05) is 32.2 Å². The third kappa shape index (κ3) is 4.18. The molecular formula is C18H19ClF4N4O2. The molecule has 6 nitrogen and oxygen atoms in total. The van der Waals surface area contributed by atoms with Crippen LogP contribution in [-0.2, 0) is 11.0 Å². The first-order valence-electron chi connectivity index (χ1n) is 8.77. The van der Waals surface area contributed by atoms with Crippen LogP contribution < -0.4 is 9.64 Å². The number of hydrogen-bond acceptors (Lipinski definition) is 5. The van der Waals surface area contributed by atoms with Gasteiger partial charge in [-0.25, -0.2) is 9.07 Å². The van der Waals surface area contributed by atoms with E-state index in [4.69, 9.17) is 16.3 Å². The van der Waals surface area contributed by atoms with Gasteiger partial charge in [-0.05, 0) is 19.1 Å². The van der Waals surface area contributed by atoms with Crippen molar-refractivity contribution in [2.45, 2.75) is 19.3 Å². The molecule has 0 bridgehead atoms. The second-order valence-electron chi connectivity index (χ2n) is 6.58. The van der Waals surface area contributed by atoms with E-state index in [1.165, 1.54) is 32.2 Å². The number of rotatable bonds is 5. The number of anilines is 1. The first-order valence-corrected chi connectivity index (χ1v) is 9.14. The van der Waals surface area contributed by atoms with Gasteiger partial charge in [-0.2, -0.15) is 18.3 Å². The second-order valence-corrected chi connectivity index (χ2v) is 6.96. The number of nitrogens with zero attached hydrogens (tertiary/aromatic N) is 4. The van der Waals surface area contributed by atoms with E-state index in [-0.39, 0.29) is 5.69 Å². The molecule has 11 heteroatoms. The molecule has 1 unspecified atom stereocenters. The van der Waals surface area contributed by atoms with E-state index in [1.807, 2.05) is 4.90 Å². The summed E-state index contributed by atoms with van der Waals surface area (Å²) in [5.74, 6) is 0.104. The summed E-state index contributed by atoms with van der Waals surface area (Å²) < 4.78 is 59.2. The second kappa shape index (κ2) is 8.19. The summed E-state index contributed by atoms with van der Waals surface area (Å²) in [5.41, 5.74) is -0.579. The minimum absolute atomic E-state index is 0.0605. The highest BCUT2D eigenvalue weighted by atomic mass is 35.5. The van der Waals surface area contributed by atoms with Crippen LogP contribution in [0.3, 0.4) is 0 Å². The topological polar surface area (TPSA) is 50.6 Å². The van der Waals surface area contributed by atoms with Crippen LogP contribution in [-0.4, -0.2) is 54.3 Å². The lowest BCUT2D eigenvalue weighted by Gasteiger charge is -2.39. The third-order valence-corrected chi connectivity index (χ3v) is 5.34. The molecule has 0 saturated carbocycles. The van der Waals surface area contributed by atoms with Gasteiger partial charge in [-0.15, -0.1) is 0 Å². The van der Waals surface area contributed by atoms with Gasteiger partial charge in [0.15, 0.2) is 18.1 Å². The zero-order valence-corrected chi connectivity index (χ0v) is 16.5. The number of aromatic nitrogens is 2. The highest BCUT2D eigenvalue weighted by Crippen LogP contribution is 2.37. The summed E-state index contributed by atoms with van der Waals surface area (Å²) in [6.45, 7) is 2.92. The molecule has 1 aliphatic heterocycles. The van der Waals surface area contributed by atoms with Crippen LogP contribution in [0.2, 0.25) is 5.02 Å². The van der Waals surface area contributed by atoms with Crippen molar-refractivity contribution in [3.8, 4) is 5.75 Å². The van der Waals surface area contributed by atoms with Crippen molar-refractivity contribution in [3.05, 3.63) is 40.4 Å². The molecule has 1 atom stereocenters. The molecule has 1 fully saturated rings. The molecule has 29 heavy (non-hydrogen) atoms. The summed E-state index contributed by atoms with van der Waals surface area (Å²) in [7, 11) is 1.48. The van der Waals surface area contributed by atoms with E-state index in [2.05, 4.69) is 5.10 Å². The molecule has 1 aromatic carbocycles. The summed E-state index contributed by atoms with van der Waals surface area (Å²) in [5, 5.41) is 3.03. The lowest BCUT2D eigenvalue weighted by molar-refractivity contribution is -0.142. The van der Waals surface area contributed by atoms with Crippen LogP contribution in [0.4, 0.5) is 23.2 Å². The van der Waals surface area contributed by atoms with Crippen LogP contribution in [0.25, 0.3) is 0 Å². The number of halogens is 5. The predicted octanol–water partition coefficient (Wildman–Crippen LogP) is 3.53. The van der Waals surface area contributed by atoms with Gasteiger partial charge in [0.2, 0.25) is 0 Å². The Balaban J connectivity index is 1.80. The van der Waals surface area contributed by atoms with E-state index in [1.54, 1.807) is 4.90 Å². The van der Waals surface area contributed by atoms with E-state index < -0.39 is 28.9 Å². The molecule has 1 aliphatic rings. The van der Waals surface area contributed by atoms with Gasteiger partial charge in [-0.3, -0.25) is 9.69 Å². The monoisotopic (exact) mass is 434 g/mol. The highest BCUT2D eigenvalue weighted by molar-refractivity contribution is 6.32. The van der Waals surface area contributed by atoms with Crippen molar-refractivity contribution in [2.75, 3.05) is 38.2 Å². The summed E-state index contributed by atoms with van der Waals surface area (Å²) in [6.07, 6.45) is -5.21. The van der Waals surface area contributed by atoms with Crippen molar-refractivity contribution < 1.29 is 27.1 Å². The van der Waals surface area contributed by atoms with E-state index in [9.17, 15) is 22.4 Å². The molecule has 1 aromatic heterocycles. The van der Waals surface area contributed by atoms with Crippen LogP contribution in [0.5, 0.6) is 5.75 Å². The molecule has 1 saturated heterocycles. The first-order chi connectivity index (χ1) is 13.7. The molecule has 3 rings (SSSR count). The maximum atomic E-state index is 13.6. The maximum Gasteiger partial charge on any atom is 0.436 e. The number of carbonyl (C=O) groups excluding carboxylic acids is 1. The molecule has 2 heterocycles. The molecule has 0 spiro atoms. The Bertz CT molecular complexity index is 895. The Kier molecular flexibility index (Phi) is 6.04.